The van der Waals surface area contributed by atoms with Crippen LogP contribution in [-0.2, 0) is 16.4 Å². The minimum Gasteiger partial charge on any atom is -0.490 e. The topological polar surface area (TPSA) is 63.7 Å². The molecule has 0 saturated carbocycles. The van der Waals surface area contributed by atoms with Crippen LogP contribution in [-0.4, -0.2) is 43.4 Å². The number of unbranched alkanes of at least 4 members (excludes halogenated alkanes) is 3. The van der Waals surface area contributed by atoms with Crippen molar-refractivity contribution < 1.29 is 17.9 Å². The number of ether oxygens (including phenoxy) is 1. The number of hydrogen-bond acceptors (Lipinski definition) is 5. The Morgan fingerprint density at radius 3 is 2.50 bits per heavy atom. The highest BCUT2D eigenvalue weighted by atomic mass is 35.5. The fourth-order valence-electron chi connectivity index (χ4n) is 3.80. The van der Waals surface area contributed by atoms with E-state index in [1.807, 2.05) is 18.4 Å². The molecule has 1 aliphatic rings. The molecule has 1 saturated heterocycles. The van der Waals surface area contributed by atoms with Gasteiger partial charge in [0.2, 0.25) is 0 Å². The van der Waals surface area contributed by atoms with Crippen molar-refractivity contribution in [2.45, 2.75) is 58.5 Å². The van der Waals surface area contributed by atoms with Crippen molar-refractivity contribution in [1.29, 1.82) is 0 Å². The summed E-state index contributed by atoms with van der Waals surface area (Å²) < 4.78 is 30.0. The maximum absolute atomic E-state index is 13.5. The Hall–Kier alpha value is -1.28. The fraction of sp³-hybridized carbons (Fsp3) is 0.522. The van der Waals surface area contributed by atoms with Crippen LogP contribution >= 0.6 is 34.5 Å². The second-order valence-corrected chi connectivity index (χ2v) is 12.2. The average molecular weight is 519 g/mol. The van der Waals surface area contributed by atoms with Gasteiger partial charge >= 0.3 is 0 Å². The third-order valence-electron chi connectivity index (χ3n) is 5.68. The zero-order chi connectivity index (χ0) is 23.3. The van der Waals surface area contributed by atoms with Crippen molar-refractivity contribution in [3.05, 3.63) is 49.6 Å². The number of benzene rings is 1. The van der Waals surface area contributed by atoms with Gasteiger partial charge in [0, 0.05) is 16.5 Å². The first-order chi connectivity index (χ1) is 15.2. The van der Waals surface area contributed by atoms with Crippen LogP contribution in [0.15, 0.2) is 23.6 Å². The van der Waals surface area contributed by atoms with Crippen molar-refractivity contribution in [3.63, 3.8) is 0 Å². The number of rotatable bonds is 10. The summed E-state index contributed by atoms with van der Waals surface area (Å²) in [6, 6.07) is 4.75. The van der Waals surface area contributed by atoms with Crippen LogP contribution in [0.25, 0.3) is 0 Å². The molecule has 3 rings (SSSR count). The molecule has 0 bridgehead atoms. The van der Waals surface area contributed by atoms with Crippen LogP contribution in [0.5, 0.6) is 5.75 Å². The summed E-state index contributed by atoms with van der Waals surface area (Å²) >= 11 is 14.4. The van der Waals surface area contributed by atoms with E-state index in [0.717, 1.165) is 36.1 Å². The number of carbonyl (C=O) groups is 1. The van der Waals surface area contributed by atoms with E-state index >= 15 is 0 Å². The number of sulfone groups is 1. The molecule has 0 radical (unpaired) electrons. The van der Waals surface area contributed by atoms with Crippen LogP contribution < -0.4 is 4.74 Å². The Morgan fingerprint density at radius 1 is 1.22 bits per heavy atom. The summed E-state index contributed by atoms with van der Waals surface area (Å²) in [6.45, 7) is 5.00. The number of aryl methyl sites for hydroxylation is 1. The van der Waals surface area contributed by atoms with Gasteiger partial charge in [-0.1, -0.05) is 49.4 Å². The second-order valence-electron chi connectivity index (χ2n) is 8.19. The van der Waals surface area contributed by atoms with Gasteiger partial charge in [-0.3, -0.25) is 4.79 Å². The molecule has 1 fully saturated rings. The van der Waals surface area contributed by atoms with Crippen molar-refractivity contribution in [3.8, 4) is 5.75 Å². The smallest absolute Gasteiger partial charge is 0.254 e. The molecule has 2 aromatic rings. The Kier molecular flexibility index (Phi) is 8.90. The number of amides is 1. The molecule has 176 valence electrons. The summed E-state index contributed by atoms with van der Waals surface area (Å²) in [5.41, 5.74) is 1.41. The SMILES string of the molecule is CCCCCCOc1c(Cl)cc(C(=O)N(Cc2sccc2C)C2CCS(=O)(=O)C2)cc1Cl. The molecule has 1 aliphatic heterocycles. The molecule has 1 aromatic heterocycles. The predicted molar refractivity (Wildman–Crippen MR) is 132 cm³/mol. The van der Waals surface area contributed by atoms with E-state index < -0.39 is 9.84 Å². The van der Waals surface area contributed by atoms with Crippen LogP contribution in [0.4, 0.5) is 0 Å². The lowest BCUT2D eigenvalue weighted by Gasteiger charge is -2.28. The molecular weight excluding hydrogens is 489 g/mol. The third kappa shape index (κ3) is 6.40. The van der Waals surface area contributed by atoms with Gasteiger partial charge < -0.3 is 9.64 Å². The summed E-state index contributed by atoms with van der Waals surface area (Å²) in [7, 11) is -3.15. The maximum Gasteiger partial charge on any atom is 0.254 e. The average Bonchev–Trinajstić information content (AvgIpc) is 3.31. The van der Waals surface area contributed by atoms with Crippen LogP contribution in [0.2, 0.25) is 10.0 Å². The molecule has 0 spiro atoms. The summed E-state index contributed by atoms with van der Waals surface area (Å²) in [6.07, 6.45) is 4.70. The third-order valence-corrected chi connectivity index (χ3v) is 9.00. The predicted octanol–water partition coefficient (Wildman–Crippen LogP) is 6.15. The first-order valence-corrected chi connectivity index (χ1v) is 14.3. The Morgan fingerprint density at radius 2 is 1.94 bits per heavy atom. The number of nitrogens with zero attached hydrogens (tertiary/aromatic N) is 1. The molecule has 0 N–H and O–H groups in total. The zero-order valence-electron chi connectivity index (χ0n) is 18.4. The number of halogens is 2. The number of thiophene rings is 1. The molecular formula is C23H29Cl2NO4S2. The van der Waals surface area contributed by atoms with E-state index in [9.17, 15) is 13.2 Å². The largest absolute Gasteiger partial charge is 0.490 e. The van der Waals surface area contributed by atoms with Gasteiger partial charge in [-0.25, -0.2) is 8.42 Å². The minimum atomic E-state index is -3.15. The first-order valence-electron chi connectivity index (χ1n) is 10.9. The Balaban J connectivity index is 1.81. The van der Waals surface area contributed by atoms with Gasteiger partial charge in [0.15, 0.2) is 15.6 Å². The number of carbonyl (C=O) groups excluding carboxylic acids is 1. The highest BCUT2D eigenvalue weighted by molar-refractivity contribution is 7.91. The van der Waals surface area contributed by atoms with Crippen molar-refractivity contribution in [2.75, 3.05) is 18.1 Å². The van der Waals surface area contributed by atoms with Gasteiger partial charge in [0.1, 0.15) is 0 Å². The van der Waals surface area contributed by atoms with E-state index in [1.54, 1.807) is 28.4 Å². The van der Waals surface area contributed by atoms with E-state index in [2.05, 4.69) is 6.92 Å². The highest BCUT2D eigenvalue weighted by Crippen LogP contribution is 2.35. The van der Waals surface area contributed by atoms with E-state index in [-0.39, 0.29) is 33.5 Å². The minimum absolute atomic E-state index is 0.0242. The summed E-state index contributed by atoms with van der Waals surface area (Å²) in [4.78, 5) is 16.2. The van der Waals surface area contributed by atoms with E-state index in [4.69, 9.17) is 27.9 Å². The first kappa shape index (κ1) is 25.3. The molecule has 2 heterocycles. The molecule has 1 aromatic carbocycles. The summed E-state index contributed by atoms with van der Waals surface area (Å²) in [5.74, 6) is 0.171. The van der Waals surface area contributed by atoms with E-state index in [0.29, 0.717) is 30.9 Å². The number of hydrogen-bond donors (Lipinski definition) is 0. The Labute approximate surface area is 204 Å². The summed E-state index contributed by atoms with van der Waals surface area (Å²) in [5, 5.41) is 2.53. The lowest BCUT2D eigenvalue weighted by Crippen LogP contribution is -2.40. The Bertz CT molecular complexity index is 1030. The van der Waals surface area contributed by atoms with Crippen molar-refractivity contribution in [1.82, 2.24) is 4.90 Å². The molecule has 1 atom stereocenters. The second kappa shape index (κ2) is 11.2. The van der Waals surface area contributed by atoms with Crippen LogP contribution in [0.3, 0.4) is 0 Å². The van der Waals surface area contributed by atoms with Gasteiger partial charge in [0.05, 0.1) is 34.7 Å². The van der Waals surface area contributed by atoms with Gasteiger partial charge in [0.25, 0.3) is 5.91 Å². The lowest BCUT2D eigenvalue weighted by molar-refractivity contribution is 0.0683. The molecule has 5 nitrogen and oxygen atoms in total. The lowest BCUT2D eigenvalue weighted by atomic mass is 10.1. The molecule has 0 aliphatic carbocycles. The van der Waals surface area contributed by atoms with Gasteiger partial charge in [-0.05, 0) is 48.9 Å². The van der Waals surface area contributed by atoms with Gasteiger partial charge in [-0.15, -0.1) is 11.3 Å². The zero-order valence-corrected chi connectivity index (χ0v) is 21.5. The quantitative estimate of drug-likeness (QED) is 0.354. The normalized spacial score (nSPS) is 17.4. The molecule has 32 heavy (non-hydrogen) atoms. The molecule has 9 heteroatoms. The molecule has 1 amide bonds. The highest BCUT2D eigenvalue weighted by Gasteiger charge is 2.35. The van der Waals surface area contributed by atoms with Crippen molar-refractivity contribution in [2.24, 2.45) is 0 Å². The molecule has 1 unspecified atom stereocenters. The van der Waals surface area contributed by atoms with Crippen LogP contribution in [0.1, 0.15) is 59.8 Å². The maximum atomic E-state index is 13.5. The fourth-order valence-corrected chi connectivity index (χ4v) is 7.03. The van der Waals surface area contributed by atoms with Gasteiger partial charge in [-0.2, -0.15) is 0 Å². The monoisotopic (exact) mass is 517 g/mol. The standard InChI is InChI=1S/C23H29Cl2NO4S2/c1-3-4-5-6-9-30-22-19(24)12-17(13-20(22)25)23(27)26(14-21-16(2)7-10-31-21)18-8-11-32(28,29)15-18/h7,10,12-13,18H,3-6,8-9,11,14-15H2,1-2H3. The van der Waals surface area contributed by atoms with Crippen LogP contribution in [0, 0.1) is 6.92 Å². The van der Waals surface area contributed by atoms with E-state index in [1.165, 1.54) is 0 Å². The van der Waals surface area contributed by atoms with Crippen molar-refractivity contribution >= 4 is 50.3 Å².